The minimum absolute atomic E-state index is 0.00349. The number of anilines is 1. The number of piperidine rings is 1. The topological polar surface area (TPSA) is 70.4 Å². The number of carbonyl (C=O) groups is 1. The number of nitrogens with zero attached hydrogens (tertiary/aromatic N) is 3. The number of hydrogen-bond donors (Lipinski definition) is 2. The van der Waals surface area contributed by atoms with Crippen molar-refractivity contribution < 1.29 is 9.90 Å². The van der Waals surface area contributed by atoms with Crippen LogP contribution in [0.15, 0.2) is 12.3 Å². The highest BCUT2D eigenvalue weighted by Gasteiger charge is 2.34. The van der Waals surface area contributed by atoms with Gasteiger partial charge in [-0.05, 0) is 38.5 Å². The molecule has 0 radical (unpaired) electrons. The van der Waals surface area contributed by atoms with Gasteiger partial charge in [0.05, 0.1) is 6.20 Å². The maximum atomic E-state index is 12.3. The minimum Gasteiger partial charge on any atom is -0.396 e. The van der Waals surface area contributed by atoms with Gasteiger partial charge in [-0.15, -0.1) is 0 Å². The number of aliphatic hydroxyl groups is 1. The summed E-state index contributed by atoms with van der Waals surface area (Å²) in [6.07, 6.45) is 4.37. The molecule has 1 aromatic heterocycles. The van der Waals surface area contributed by atoms with E-state index in [4.69, 9.17) is 0 Å². The molecule has 1 aliphatic rings. The van der Waals surface area contributed by atoms with Crippen molar-refractivity contribution in [1.29, 1.82) is 0 Å². The molecule has 1 aromatic rings. The van der Waals surface area contributed by atoms with Crippen LogP contribution in [0.25, 0.3) is 0 Å². The highest BCUT2D eigenvalue weighted by molar-refractivity contribution is 5.88. The Morgan fingerprint density at radius 3 is 2.67 bits per heavy atom. The van der Waals surface area contributed by atoms with Crippen LogP contribution in [0.1, 0.15) is 46.1 Å². The summed E-state index contributed by atoms with van der Waals surface area (Å²) in [5.74, 6) is 0.726. The highest BCUT2D eigenvalue weighted by Crippen LogP contribution is 2.34. The average Bonchev–Trinajstić information content (AvgIpc) is 2.95. The lowest BCUT2D eigenvalue weighted by Crippen LogP contribution is -2.46. The molecule has 6 nitrogen and oxygen atoms in total. The number of amides is 2. The summed E-state index contributed by atoms with van der Waals surface area (Å²) >= 11 is 0. The van der Waals surface area contributed by atoms with E-state index in [9.17, 15) is 9.90 Å². The Kier molecular flexibility index (Phi) is 4.88. The maximum absolute atomic E-state index is 12.3. The molecular formula is C15H26N4O2. The molecule has 21 heavy (non-hydrogen) atoms. The molecule has 118 valence electrons. The second-order valence-corrected chi connectivity index (χ2v) is 6.18. The van der Waals surface area contributed by atoms with E-state index in [-0.39, 0.29) is 24.1 Å². The van der Waals surface area contributed by atoms with Crippen LogP contribution in [0.5, 0.6) is 0 Å². The molecule has 2 N–H and O–H groups in total. The van der Waals surface area contributed by atoms with Crippen LogP contribution in [-0.2, 0) is 0 Å². The molecule has 2 heterocycles. The first kappa shape index (κ1) is 15.8. The normalized spacial score (nSPS) is 18.0. The standard InChI is InChI=1S/C15H26N4O2/c1-4-15(11-20)6-9-18(10-7-15)14(21)17-13-5-8-16-19(13)12(2)3/h5,8,12,20H,4,6-7,9-11H2,1-3H3,(H,17,21). The molecule has 1 aliphatic heterocycles. The molecule has 0 aromatic carbocycles. The van der Waals surface area contributed by atoms with Gasteiger partial charge < -0.3 is 10.0 Å². The van der Waals surface area contributed by atoms with Crippen LogP contribution in [0.4, 0.5) is 10.6 Å². The summed E-state index contributed by atoms with van der Waals surface area (Å²) in [5, 5.41) is 16.7. The Morgan fingerprint density at radius 1 is 1.48 bits per heavy atom. The Hall–Kier alpha value is -1.56. The van der Waals surface area contributed by atoms with Crippen molar-refractivity contribution in [2.24, 2.45) is 5.41 Å². The molecule has 1 saturated heterocycles. The predicted molar refractivity (Wildman–Crippen MR) is 82.2 cm³/mol. The Labute approximate surface area is 126 Å². The second kappa shape index (κ2) is 6.47. The molecule has 0 atom stereocenters. The van der Waals surface area contributed by atoms with Gasteiger partial charge in [0.25, 0.3) is 0 Å². The lowest BCUT2D eigenvalue weighted by Gasteiger charge is -2.40. The van der Waals surface area contributed by atoms with Gasteiger partial charge in [-0.2, -0.15) is 5.10 Å². The third-order valence-corrected chi connectivity index (χ3v) is 4.59. The maximum Gasteiger partial charge on any atom is 0.322 e. The zero-order chi connectivity index (χ0) is 15.5. The van der Waals surface area contributed by atoms with Crippen molar-refractivity contribution in [3.05, 3.63) is 12.3 Å². The zero-order valence-corrected chi connectivity index (χ0v) is 13.2. The van der Waals surface area contributed by atoms with Gasteiger partial charge in [0.15, 0.2) is 0 Å². The monoisotopic (exact) mass is 294 g/mol. The van der Waals surface area contributed by atoms with E-state index in [1.54, 1.807) is 10.9 Å². The summed E-state index contributed by atoms with van der Waals surface area (Å²) < 4.78 is 1.80. The smallest absolute Gasteiger partial charge is 0.322 e. The second-order valence-electron chi connectivity index (χ2n) is 6.18. The number of aliphatic hydroxyl groups excluding tert-OH is 1. The van der Waals surface area contributed by atoms with Gasteiger partial charge in [0.1, 0.15) is 5.82 Å². The molecular weight excluding hydrogens is 268 g/mol. The fourth-order valence-corrected chi connectivity index (χ4v) is 2.82. The Bertz CT molecular complexity index is 470. The van der Waals surface area contributed by atoms with E-state index < -0.39 is 0 Å². The third-order valence-electron chi connectivity index (χ3n) is 4.59. The van der Waals surface area contributed by atoms with E-state index >= 15 is 0 Å². The summed E-state index contributed by atoms with van der Waals surface area (Å²) in [4.78, 5) is 14.2. The Morgan fingerprint density at radius 2 is 2.14 bits per heavy atom. The van der Waals surface area contributed by atoms with Crippen molar-refractivity contribution in [1.82, 2.24) is 14.7 Å². The number of hydrogen-bond acceptors (Lipinski definition) is 3. The minimum atomic E-state index is -0.0833. The number of likely N-dealkylation sites (tertiary alicyclic amines) is 1. The first-order valence-electron chi connectivity index (χ1n) is 7.71. The lowest BCUT2D eigenvalue weighted by molar-refractivity contribution is 0.0541. The average molecular weight is 294 g/mol. The molecule has 0 bridgehead atoms. The van der Waals surface area contributed by atoms with Crippen molar-refractivity contribution in [2.45, 2.75) is 46.1 Å². The van der Waals surface area contributed by atoms with Gasteiger partial charge in [0, 0.05) is 31.8 Å². The first-order chi connectivity index (χ1) is 10.0. The van der Waals surface area contributed by atoms with E-state index in [0.29, 0.717) is 13.1 Å². The van der Waals surface area contributed by atoms with Crippen molar-refractivity contribution >= 4 is 11.8 Å². The summed E-state index contributed by atoms with van der Waals surface area (Å²) in [7, 11) is 0. The van der Waals surface area contributed by atoms with Gasteiger partial charge in [0.2, 0.25) is 0 Å². The van der Waals surface area contributed by atoms with Crippen LogP contribution in [0.2, 0.25) is 0 Å². The highest BCUT2D eigenvalue weighted by atomic mass is 16.3. The van der Waals surface area contributed by atoms with Crippen LogP contribution < -0.4 is 5.32 Å². The predicted octanol–water partition coefficient (Wildman–Crippen LogP) is 2.48. The van der Waals surface area contributed by atoms with Crippen LogP contribution in [-0.4, -0.2) is 45.5 Å². The summed E-state index contributed by atoms with van der Waals surface area (Å²) in [6.45, 7) is 7.75. The summed E-state index contributed by atoms with van der Waals surface area (Å²) in [6, 6.07) is 1.94. The number of carbonyl (C=O) groups excluding carboxylic acids is 1. The van der Waals surface area contributed by atoms with Crippen molar-refractivity contribution in [2.75, 3.05) is 25.0 Å². The molecule has 0 unspecified atom stereocenters. The van der Waals surface area contributed by atoms with Gasteiger partial charge in [-0.3, -0.25) is 5.32 Å². The van der Waals surface area contributed by atoms with E-state index in [1.165, 1.54) is 0 Å². The Balaban J connectivity index is 1.95. The molecule has 0 saturated carbocycles. The molecule has 0 aliphatic carbocycles. The van der Waals surface area contributed by atoms with E-state index in [0.717, 1.165) is 25.1 Å². The van der Waals surface area contributed by atoms with E-state index in [1.807, 2.05) is 24.8 Å². The molecule has 6 heteroatoms. The zero-order valence-electron chi connectivity index (χ0n) is 13.2. The number of urea groups is 1. The van der Waals surface area contributed by atoms with Crippen molar-refractivity contribution in [3.63, 3.8) is 0 Å². The number of rotatable bonds is 4. The SMILES string of the molecule is CCC1(CO)CCN(C(=O)Nc2ccnn2C(C)C)CC1. The number of aromatic nitrogens is 2. The quantitative estimate of drug-likeness (QED) is 0.896. The van der Waals surface area contributed by atoms with Gasteiger partial charge in [-0.1, -0.05) is 6.92 Å². The van der Waals surface area contributed by atoms with Gasteiger partial charge in [-0.25, -0.2) is 9.48 Å². The fraction of sp³-hybridized carbons (Fsp3) is 0.733. The van der Waals surface area contributed by atoms with Crippen LogP contribution in [0.3, 0.4) is 0 Å². The number of nitrogens with one attached hydrogen (secondary N) is 1. The third kappa shape index (κ3) is 3.37. The largest absolute Gasteiger partial charge is 0.396 e. The summed E-state index contributed by atoms with van der Waals surface area (Å²) in [5.41, 5.74) is -0.00349. The lowest BCUT2D eigenvalue weighted by atomic mass is 9.77. The van der Waals surface area contributed by atoms with Crippen LogP contribution >= 0.6 is 0 Å². The van der Waals surface area contributed by atoms with Crippen molar-refractivity contribution in [3.8, 4) is 0 Å². The first-order valence-corrected chi connectivity index (χ1v) is 7.71. The molecule has 2 rings (SSSR count). The fourth-order valence-electron chi connectivity index (χ4n) is 2.82. The van der Waals surface area contributed by atoms with Crippen LogP contribution in [0, 0.1) is 5.41 Å². The molecule has 0 spiro atoms. The van der Waals surface area contributed by atoms with Gasteiger partial charge >= 0.3 is 6.03 Å². The molecule has 1 fully saturated rings. The van der Waals surface area contributed by atoms with E-state index in [2.05, 4.69) is 17.3 Å². The molecule has 2 amide bonds.